The van der Waals surface area contributed by atoms with Gasteiger partial charge in [-0.2, -0.15) is 0 Å². The van der Waals surface area contributed by atoms with Gasteiger partial charge in [-0.25, -0.2) is 0 Å². The van der Waals surface area contributed by atoms with Crippen molar-refractivity contribution >= 4 is 27.8 Å². The fraction of sp³-hybridized carbons (Fsp3) is 0.667. The van der Waals surface area contributed by atoms with Crippen LogP contribution in [0.15, 0.2) is 22.3 Å². The van der Waals surface area contributed by atoms with Crippen molar-refractivity contribution in [2.75, 3.05) is 13.1 Å². The number of allylic oxidation sites excluding steroid dienone is 2. The molecule has 0 aliphatic carbocycles. The van der Waals surface area contributed by atoms with E-state index in [1.165, 1.54) is 19.3 Å². The van der Waals surface area contributed by atoms with Gasteiger partial charge in [0, 0.05) is 23.6 Å². The number of nitrogens with zero attached hydrogens (tertiary/aromatic N) is 1. The second kappa shape index (κ2) is 11.3. The summed E-state index contributed by atoms with van der Waals surface area (Å²) in [7, 11) is 0. The molecule has 1 amide bonds. The van der Waals surface area contributed by atoms with E-state index in [1.54, 1.807) is 0 Å². The summed E-state index contributed by atoms with van der Waals surface area (Å²) in [5.41, 5.74) is 0.641. The molecule has 1 aliphatic rings. The van der Waals surface area contributed by atoms with Crippen molar-refractivity contribution in [3.63, 3.8) is 0 Å². The molecule has 24 heavy (non-hydrogen) atoms. The topological polar surface area (TPSA) is 58.6 Å². The van der Waals surface area contributed by atoms with Crippen molar-refractivity contribution in [2.24, 2.45) is 0 Å². The predicted octanol–water partition coefficient (Wildman–Crippen LogP) is 3.85. The van der Waals surface area contributed by atoms with Crippen LogP contribution < -0.4 is 5.32 Å². The first-order valence-corrected chi connectivity index (χ1v) is 9.59. The highest BCUT2D eigenvalue weighted by Gasteiger charge is 2.23. The van der Waals surface area contributed by atoms with E-state index in [2.05, 4.69) is 28.2 Å². The van der Waals surface area contributed by atoms with Gasteiger partial charge in [-0.1, -0.05) is 48.5 Å². The van der Waals surface area contributed by atoms with E-state index in [-0.39, 0.29) is 11.9 Å². The third-order valence-electron chi connectivity index (χ3n) is 3.91. The van der Waals surface area contributed by atoms with Gasteiger partial charge in [0.2, 0.25) is 5.91 Å². The van der Waals surface area contributed by atoms with E-state index in [0.717, 1.165) is 17.3 Å². The minimum atomic E-state index is -0.394. The zero-order chi connectivity index (χ0) is 17.9. The molecule has 0 spiro atoms. The Hall–Kier alpha value is -1.30. The maximum atomic E-state index is 12.1. The highest BCUT2D eigenvalue weighted by atomic mass is 79.9. The van der Waals surface area contributed by atoms with Crippen LogP contribution in [0.5, 0.6) is 0 Å². The lowest BCUT2D eigenvalue weighted by atomic mass is 10.1. The summed E-state index contributed by atoms with van der Waals surface area (Å²) in [4.78, 5) is 25.8. The number of hydrogen-bond acceptors (Lipinski definition) is 4. The minimum absolute atomic E-state index is 0.104. The molecule has 5 nitrogen and oxygen atoms in total. The van der Waals surface area contributed by atoms with Crippen molar-refractivity contribution in [2.45, 2.75) is 65.5 Å². The highest BCUT2D eigenvalue weighted by Crippen LogP contribution is 2.22. The van der Waals surface area contributed by atoms with Gasteiger partial charge < -0.3 is 15.0 Å². The molecule has 136 valence electrons. The minimum Gasteiger partial charge on any atom is -0.442 e. The summed E-state index contributed by atoms with van der Waals surface area (Å²) >= 11 is 3.41. The summed E-state index contributed by atoms with van der Waals surface area (Å²) < 4.78 is 6.25. The van der Waals surface area contributed by atoms with Crippen molar-refractivity contribution in [3.8, 4) is 0 Å². The van der Waals surface area contributed by atoms with E-state index in [4.69, 9.17) is 4.74 Å². The molecule has 1 N–H and O–H groups in total. The first-order valence-electron chi connectivity index (χ1n) is 8.79. The lowest BCUT2D eigenvalue weighted by molar-refractivity contribution is -0.155. The first-order chi connectivity index (χ1) is 11.5. The van der Waals surface area contributed by atoms with Crippen LogP contribution in [0.1, 0.15) is 59.3 Å². The first kappa shape index (κ1) is 20.7. The summed E-state index contributed by atoms with van der Waals surface area (Å²) in [5, 5.41) is 2.80. The maximum absolute atomic E-state index is 12.1. The van der Waals surface area contributed by atoms with Crippen LogP contribution in [-0.4, -0.2) is 36.1 Å². The maximum Gasteiger partial charge on any atom is 0.307 e. The fourth-order valence-corrected chi connectivity index (χ4v) is 2.88. The Morgan fingerprint density at radius 1 is 1.29 bits per heavy atom. The molecular weight excluding hydrogens is 372 g/mol. The highest BCUT2D eigenvalue weighted by molar-refractivity contribution is 9.12. The Kier molecular flexibility index (Phi) is 9.76. The van der Waals surface area contributed by atoms with Crippen molar-refractivity contribution in [1.29, 1.82) is 0 Å². The number of hydrogen-bond donors (Lipinski definition) is 1. The van der Waals surface area contributed by atoms with Crippen molar-refractivity contribution in [1.82, 2.24) is 10.2 Å². The van der Waals surface area contributed by atoms with Crippen LogP contribution in [0.2, 0.25) is 0 Å². The Bertz CT molecular complexity index is 489. The van der Waals surface area contributed by atoms with Gasteiger partial charge in [0.25, 0.3) is 0 Å². The summed E-state index contributed by atoms with van der Waals surface area (Å²) in [6.07, 6.45) is 9.23. The van der Waals surface area contributed by atoms with Crippen molar-refractivity contribution < 1.29 is 14.3 Å². The number of halogens is 1. The van der Waals surface area contributed by atoms with Gasteiger partial charge in [0.05, 0.1) is 12.1 Å². The summed E-state index contributed by atoms with van der Waals surface area (Å²) in [5.74, 6) is -0.284. The molecule has 1 heterocycles. The number of ether oxygens (including phenoxy) is 1. The molecule has 0 saturated carbocycles. The number of rotatable bonds is 10. The Balaban J connectivity index is 2.43. The molecule has 0 fully saturated rings. The molecule has 0 aromatic rings. The van der Waals surface area contributed by atoms with Gasteiger partial charge in [-0.3, -0.25) is 9.59 Å². The molecular formula is C18H29BrN2O3. The number of unbranched alkanes of at least 4 members (excludes halogenated alkanes) is 4. The summed E-state index contributed by atoms with van der Waals surface area (Å²) in [6, 6.07) is 0. The van der Waals surface area contributed by atoms with E-state index in [1.807, 2.05) is 31.0 Å². The monoisotopic (exact) mass is 400 g/mol. The Morgan fingerprint density at radius 3 is 2.67 bits per heavy atom. The zero-order valence-electron chi connectivity index (χ0n) is 14.9. The second-order valence-electron chi connectivity index (χ2n) is 5.93. The van der Waals surface area contributed by atoms with E-state index >= 15 is 0 Å². The average molecular weight is 401 g/mol. The standard InChI is InChI=1S/C18H29BrN2O3/c1-4-6-7-8-9-10-17(22)24-14(3)21-12-11-16(19)15(13-21)18(23)20-5-2/h11-12,14H,4-10,13H2,1-3H3,(H,20,23). The van der Waals surface area contributed by atoms with E-state index < -0.39 is 6.23 Å². The largest absolute Gasteiger partial charge is 0.442 e. The number of likely N-dealkylation sites (N-methyl/N-ethyl adjacent to an activating group) is 1. The second-order valence-corrected chi connectivity index (χ2v) is 6.78. The van der Waals surface area contributed by atoms with Crippen LogP contribution in [-0.2, 0) is 14.3 Å². The van der Waals surface area contributed by atoms with Gasteiger partial charge in [0.15, 0.2) is 6.23 Å². The van der Waals surface area contributed by atoms with Crippen LogP contribution in [0.3, 0.4) is 0 Å². The van der Waals surface area contributed by atoms with Crippen LogP contribution in [0.4, 0.5) is 0 Å². The Morgan fingerprint density at radius 2 is 2.00 bits per heavy atom. The molecule has 1 rings (SSSR count). The van der Waals surface area contributed by atoms with Crippen molar-refractivity contribution in [3.05, 3.63) is 22.3 Å². The van der Waals surface area contributed by atoms with E-state index in [0.29, 0.717) is 25.1 Å². The molecule has 6 heteroatoms. The molecule has 0 aromatic carbocycles. The van der Waals surface area contributed by atoms with Gasteiger partial charge in [-0.05, 0) is 26.3 Å². The smallest absolute Gasteiger partial charge is 0.307 e. The average Bonchev–Trinajstić information content (AvgIpc) is 2.55. The van der Waals surface area contributed by atoms with Gasteiger partial charge in [-0.15, -0.1) is 0 Å². The fourth-order valence-electron chi connectivity index (χ4n) is 2.46. The quantitative estimate of drug-likeness (QED) is 0.446. The summed E-state index contributed by atoms with van der Waals surface area (Å²) in [6.45, 7) is 6.87. The normalized spacial score (nSPS) is 15.4. The SMILES string of the molecule is CCCCCCCC(=O)OC(C)N1C=CC(Br)=C(C(=O)NCC)C1. The zero-order valence-corrected chi connectivity index (χ0v) is 16.5. The number of nitrogens with one attached hydrogen (secondary N) is 1. The molecule has 1 aliphatic heterocycles. The number of esters is 1. The Labute approximate surface area is 153 Å². The van der Waals surface area contributed by atoms with Crippen LogP contribution in [0, 0.1) is 0 Å². The third-order valence-corrected chi connectivity index (χ3v) is 4.65. The van der Waals surface area contributed by atoms with Crippen LogP contribution >= 0.6 is 15.9 Å². The molecule has 0 aromatic heterocycles. The number of carbonyl (C=O) groups is 2. The number of carbonyl (C=O) groups excluding carboxylic acids is 2. The number of amides is 1. The molecule has 0 saturated heterocycles. The lowest BCUT2D eigenvalue weighted by Gasteiger charge is -2.30. The molecule has 0 radical (unpaired) electrons. The van der Waals surface area contributed by atoms with E-state index in [9.17, 15) is 9.59 Å². The van der Waals surface area contributed by atoms with Crippen LogP contribution in [0.25, 0.3) is 0 Å². The third kappa shape index (κ3) is 7.07. The molecule has 1 atom stereocenters. The van der Waals surface area contributed by atoms with Gasteiger partial charge >= 0.3 is 5.97 Å². The van der Waals surface area contributed by atoms with Gasteiger partial charge in [0.1, 0.15) is 0 Å². The predicted molar refractivity (Wildman–Crippen MR) is 99.4 cm³/mol. The molecule has 0 bridgehead atoms. The lowest BCUT2D eigenvalue weighted by Crippen LogP contribution is -2.39. The molecule has 1 unspecified atom stereocenters.